The number of hydrogen-bond donors (Lipinski definition) is 0. The lowest BCUT2D eigenvalue weighted by Gasteiger charge is -2.33. The van der Waals surface area contributed by atoms with Crippen LogP contribution >= 0.6 is 0 Å². The normalized spacial score (nSPS) is 29.6. The molecule has 2 aliphatic rings. The van der Waals surface area contributed by atoms with Gasteiger partial charge in [0.25, 0.3) is 0 Å². The van der Waals surface area contributed by atoms with E-state index in [1.165, 1.54) is 24.9 Å². The molecule has 2 bridgehead atoms. The van der Waals surface area contributed by atoms with Crippen molar-refractivity contribution in [3.05, 3.63) is 36.7 Å². The van der Waals surface area contributed by atoms with Gasteiger partial charge in [-0.2, -0.15) is 0 Å². The van der Waals surface area contributed by atoms with E-state index in [2.05, 4.69) is 28.1 Å². The summed E-state index contributed by atoms with van der Waals surface area (Å²) in [6, 6.07) is 5.53. The molecule has 1 aromatic heterocycles. The van der Waals surface area contributed by atoms with Crippen molar-refractivity contribution in [2.75, 3.05) is 4.90 Å². The topological polar surface area (TPSA) is 16.1 Å². The van der Waals surface area contributed by atoms with E-state index in [1.807, 2.05) is 18.5 Å². The molecule has 0 spiro atoms. The quantitative estimate of drug-likeness (QED) is 0.626. The number of rotatable bonds is 1. The van der Waals surface area contributed by atoms with Gasteiger partial charge >= 0.3 is 0 Å². The highest BCUT2D eigenvalue weighted by molar-refractivity contribution is 5.50. The first kappa shape index (κ1) is 8.04. The Hall–Kier alpha value is -1.31. The minimum atomic E-state index is 0.623. The van der Waals surface area contributed by atoms with E-state index >= 15 is 0 Å². The standard InChI is InChI=1S/C12H14N2/c1-3-10-6-7-11(4-1)14(10)12-5-2-8-13-9-12/h1-3,5,8-11H,4,6-7H2. The molecule has 0 radical (unpaired) electrons. The van der Waals surface area contributed by atoms with Gasteiger partial charge in [0.1, 0.15) is 0 Å². The predicted molar refractivity (Wildman–Crippen MR) is 57.3 cm³/mol. The third kappa shape index (κ3) is 1.14. The fraction of sp³-hybridized carbons (Fsp3) is 0.417. The van der Waals surface area contributed by atoms with Crippen LogP contribution in [-0.4, -0.2) is 17.1 Å². The Balaban J connectivity index is 1.96. The zero-order valence-corrected chi connectivity index (χ0v) is 8.13. The molecule has 3 heterocycles. The lowest BCUT2D eigenvalue weighted by molar-refractivity contribution is 0.647. The van der Waals surface area contributed by atoms with Crippen molar-refractivity contribution in [3.8, 4) is 0 Å². The van der Waals surface area contributed by atoms with Crippen molar-refractivity contribution in [2.24, 2.45) is 0 Å². The van der Waals surface area contributed by atoms with Gasteiger partial charge in [-0.1, -0.05) is 12.2 Å². The molecule has 72 valence electrons. The van der Waals surface area contributed by atoms with Gasteiger partial charge in [-0.25, -0.2) is 0 Å². The van der Waals surface area contributed by atoms with Crippen LogP contribution in [-0.2, 0) is 0 Å². The van der Waals surface area contributed by atoms with Crippen LogP contribution in [0.4, 0.5) is 5.69 Å². The SMILES string of the molecule is C1=CC2CCC(C1)N2c1cccnc1. The van der Waals surface area contributed by atoms with Crippen LogP contribution in [0.5, 0.6) is 0 Å². The molecule has 1 fully saturated rings. The molecule has 0 amide bonds. The molecule has 0 N–H and O–H groups in total. The van der Waals surface area contributed by atoms with Crippen LogP contribution in [0.15, 0.2) is 36.7 Å². The lowest BCUT2D eigenvalue weighted by Crippen LogP contribution is -2.37. The summed E-state index contributed by atoms with van der Waals surface area (Å²) in [4.78, 5) is 6.71. The molecule has 1 saturated heterocycles. The number of hydrogen-bond acceptors (Lipinski definition) is 2. The van der Waals surface area contributed by atoms with Crippen LogP contribution in [0, 0.1) is 0 Å². The molecule has 2 atom stereocenters. The van der Waals surface area contributed by atoms with Crippen LogP contribution < -0.4 is 4.90 Å². The van der Waals surface area contributed by atoms with Crippen LogP contribution in [0.3, 0.4) is 0 Å². The van der Waals surface area contributed by atoms with Crippen molar-refractivity contribution in [1.29, 1.82) is 0 Å². The van der Waals surface area contributed by atoms with Gasteiger partial charge in [0.05, 0.1) is 11.9 Å². The summed E-state index contributed by atoms with van der Waals surface area (Å²) in [7, 11) is 0. The Labute approximate surface area is 84.3 Å². The lowest BCUT2D eigenvalue weighted by atomic mass is 10.1. The highest BCUT2D eigenvalue weighted by Crippen LogP contribution is 2.35. The van der Waals surface area contributed by atoms with Crippen molar-refractivity contribution in [2.45, 2.75) is 31.3 Å². The van der Waals surface area contributed by atoms with Gasteiger partial charge in [0, 0.05) is 18.3 Å². The Kier molecular flexibility index (Phi) is 1.79. The smallest absolute Gasteiger partial charge is 0.0560 e. The largest absolute Gasteiger partial charge is 0.361 e. The fourth-order valence-corrected chi connectivity index (χ4v) is 2.63. The van der Waals surface area contributed by atoms with Gasteiger partial charge < -0.3 is 4.90 Å². The molecule has 0 aliphatic carbocycles. The van der Waals surface area contributed by atoms with E-state index in [9.17, 15) is 0 Å². The summed E-state index contributed by atoms with van der Waals surface area (Å²) in [5.41, 5.74) is 1.28. The molecule has 2 heteroatoms. The maximum atomic E-state index is 4.19. The molecule has 1 aromatic rings. The summed E-state index contributed by atoms with van der Waals surface area (Å²) in [5, 5.41) is 0. The number of fused-ring (bicyclic) bond motifs is 2. The summed E-state index contributed by atoms with van der Waals surface area (Å²) < 4.78 is 0. The zero-order valence-electron chi connectivity index (χ0n) is 8.13. The second-order valence-corrected chi connectivity index (χ2v) is 4.08. The van der Waals surface area contributed by atoms with Crippen molar-refractivity contribution >= 4 is 5.69 Å². The first-order chi connectivity index (χ1) is 6.95. The molecule has 2 aliphatic heterocycles. The van der Waals surface area contributed by atoms with Gasteiger partial charge in [0.2, 0.25) is 0 Å². The molecular formula is C12H14N2. The van der Waals surface area contributed by atoms with Gasteiger partial charge in [-0.05, 0) is 31.4 Å². The highest BCUT2D eigenvalue weighted by atomic mass is 15.2. The Morgan fingerprint density at radius 1 is 1.36 bits per heavy atom. The predicted octanol–water partition coefficient (Wildman–Crippen LogP) is 2.38. The fourth-order valence-electron chi connectivity index (χ4n) is 2.63. The highest BCUT2D eigenvalue weighted by Gasteiger charge is 2.33. The molecule has 0 aromatic carbocycles. The van der Waals surface area contributed by atoms with Crippen LogP contribution in [0.25, 0.3) is 0 Å². The third-order valence-electron chi connectivity index (χ3n) is 3.26. The second kappa shape index (κ2) is 3.12. The summed E-state index contributed by atoms with van der Waals surface area (Å²) in [6.45, 7) is 0. The Morgan fingerprint density at radius 3 is 3.14 bits per heavy atom. The summed E-state index contributed by atoms with van der Waals surface area (Å²) in [6.07, 6.45) is 12.3. The summed E-state index contributed by atoms with van der Waals surface area (Å²) in [5.74, 6) is 0. The van der Waals surface area contributed by atoms with Crippen LogP contribution in [0.2, 0.25) is 0 Å². The van der Waals surface area contributed by atoms with E-state index in [1.54, 1.807) is 0 Å². The van der Waals surface area contributed by atoms with Gasteiger partial charge in [0.15, 0.2) is 0 Å². The first-order valence-corrected chi connectivity index (χ1v) is 5.30. The van der Waals surface area contributed by atoms with E-state index in [4.69, 9.17) is 0 Å². The molecule has 3 rings (SSSR count). The zero-order chi connectivity index (χ0) is 9.38. The van der Waals surface area contributed by atoms with E-state index in [-0.39, 0.29) is 0 Å². The first-order valence-electron chi connectivity index (χ1n) is 5.30. The minimum absolute atomic E-state index is 0.623. The average Bonchev–Trinajstić information content (AvgIpc) is 2.50. The Bertz CT molecular complexity index is 345. The Morgan fingerprint density at radius 2 is 2.36 bits per heavy atom. The third-order valence-corrected chi connectivity index (χ3v) is 3.26. The molecule has 2 nitrogen and oxygen atoms in total. The second-order valence-electron chi connectivity index (χ2n) is 4.08. The maximum absolute atomic E-state index is 4.19. The number of nitrogens with zero attached hydrogens (tertiary/aromatic N) is 2. The average molecular weight is 186 g/mol. The van der Waals surface area contributed by atoms with E-state index in [0.717, 1.165) is 0 Å². The van der Waals surface area contributed by atoms with Gasteiger partial charge in [-0.3, -0.25) is 4.98 Å². The molecule has 0 saturated carbocycles. The van der Waals surface area contributed by atoms with E-state index in [0.29, 0.717) is 12.1 Å². The summed E-state index contributed by atoms with van der Waals surface area (Å²) >= 11 is 0. The molecule has 2 unspecified atom stereocenters. The number of anilines is 1. The monoisotopic (exact) mass is 186 g/mol. The maximum Gasteiger partial charge on any atom is 0.0560 e. The van der Waals surface area contributed by atoms with Gasteiger partial charge in [-0.15, -0.1) is 0 Å². The number of pyridine rings is 1. The van der Waals surface area contributed by atoms with Crippen LogP contribution in [0.1, 0.15) is 19.3 Å². The number of aromatic nitrogens is 1. The van der Waals surface area contributed by atoms with Crippen molar-refractivity contribution < 1.29 is 0 Å². The molecule has 14 heavy (non-hydrogen) atoms. The van der Waals surface area contributed by atoms with Crippen molar-refractivity contribution in [1.82, 2.24) is 4.98 Å². The van der Waals surface area contributed by atoms with Crippen molar-refractivity contribution in [3.63, 3.8) is 0 Å². The minimum Gasteiger partial charge on any atom is -0.361 e. The molecular weight excluding hydrogens is 172 g/mol. The van der Waals surface area contributed by atoms with E-state index < -0.39 is 0 Å².